The Kier molecular flexibility index (Phi) is 4.16. The Labute approximate surface area is 111 Å². The number of hydrogen-bond donors (Lipinski definition) is 1. The van der Waals surface area contributed by atoms with E-state index in [1.165, 1.54) is 4.88 Å². The molecule has 2 aromatic heterocycles. The van der Waals surface area contributed by atoms with Crippen molar-refractivity contribution in [2.24, 2.45) is 5.73 Å². The number of rotatable bonds is 5. The fraction of sp³-hybridized carbons (Fsp3) is 0.462. The molecule has 2 aromatic rings. The van der Waals surface area contributed by atoms with Crippen molar-refractivity contribution in [2.75, 3.05) is 7.05 Å². The monoisotopic (exact) mass is 265 g/mol. The molecule has 0 radical (unpaired) electrons. The Morgan fingerprint density at radius 2 is 2.17 bits per heavy atom. The summed E-state index contributed by atoms with van der Waals surface area (Å²) < 4.78 is 5.69. The highest BCUT2D eigenvalue weighted by Crippen LogP contribution is 2.18. The van der Waals surface area contributed by atoms with Crippen LogP contribution in [0.2, 0.25) is 0 Å². The standard InChI is InChI=1S/C13H19N3OS/c1-9-13(18-8-15-9)7-16(3)6-12-4-11(5-14)10(2)17-12/h4,8H,5-7,14H2,1-3H3. The van der Waals surface area contributed by atoms with Crippen LogP contribution in [0.3, 0.4) is 0 Å². The third-order valence-electron chi connectivity index (χ3n) is 2.98. The van der Waals surface area contributed by atoms with Crippen molar-refractivity contribution in [3.8, 4) is 0 Å². The average molecular weight is 265 g/mol. The molecule has 0 atom stereocenters. The molecular weight excluding hydrogens is 246 g/mol. The summed E-state index contributed by atoms with van der Waals surface area (Å²) in [5.41, 5.74) is 9.74. The van der Waals surface area contributed by atoms with Crippen LogP contribution in [-0.2, 0) is 19.6 Å². The molecule has 0 aliphatic rings. The first-order chi connectivity index (χ1) is 8.60. The molecule has 0 unspecified atom stereocenters. The fourth-order valence-electron chi connectivity index (χ4n) is 1.91. The summed E-state index contributed by atoms with van der Waals surface area (Å²) in [6, 6.07) is 2.05. The van der Waals surface area contributed by atoms with E-state index >= 15 is 0 Å². The topological polar surface area (TPSA) is 55.3 Å². The number of aromatic nitrogens is 1. The molecule has 98 valence electrons. The average Bonchev–Trinajstić information content (AvgIpc) is 2.86. The zero-order chi connectivity index (χ0) is 13.1. The van der Waals surface area contributed by atoms with Crippen LogP contribution in [0.4, 0.5) is 0 Å². The molecular formula is C13H19N3OS. The van der Waals surface area contributed by atoms with Crippen molar-refractivity contribution in [2.45, 2.75) is 33.5 Å². The van der Waals surface area contributed by atoms with Crippen LogP contribution in [0.15, 0.2) is 16.0 Å². The van der Waals surface area contributed by atoms with Crippen LogP contribution in [0.5, 0.6) is 0 Å². The van der Waals surface area contributed by atoms with Gasteiger partial charge in [0.1, 0.15) is 11.5 Å². The summed E-state index contributed by atoms with van der Waals surface area (Å²) in [6.07, 6.45) is 0. The Balaban J connectivity index is 1.98. The predicted octanol–water partition coefficient (Wildman–Crippen LogP) is 2.44. The van der Waals surface area contributed by atoms with Crippen molar-refractivity contribution in [1.29, 1.82) is 0 Å². The normalized spacial score (nSPS) is 11.4. The lowest BCUT2D eigenvalue weighted by atomic mass is 10.2. The second-order valence-electron chi connectivity index (χ2n) is 4.53. The SMILES string of the molecule is Cc1ncsc1CN(C)Cc1cc(CN)c(C)o1. The summed E-state index contributed by atoms with van der Waals surface area (Å²) in [6.45, 7) is 6.22. The van der Waals surface area contributed by atoms with E-state index in [0.29, 0.717) is 6.54 Å². The van der Waals surface area contributed by atoms with Crippen molar-refractivity contribution >= 4 is 11.3 Å². The number of furan rings is 1. The minimum Gasteiger partial charge on any atom is -0.465 e. The van der Waals surface area contributed by atoms with Crippen molar-refractivity contribution in [3.05, 3.63) is 39.2 Å². The molecule has 0 fully saturated rings. The van der Waals surface area contributed by atoms with Gasteiger partial charge in [0.05, 0.1) is 17.7 Å². The van der Waals surface area contributed by atoms with E-state index in [2.05, 4.69) is 16.9 Å². The summed E-state index contributed by atoms with van der Waals surface area (Å²) in [7, 11) is 2.08. The molecule has 0 spiro atoms. The van der Waals surface area contributed by atoms with Gasteiger partial charge in [0.15, 0.2) is 0 Å². The largest absolute Gasteiger partial charge is 0.465 e. The van der Waals surface area contributed by atoms with E-state index in [1.54, 1.807) is 11.3 Å². The van der Waals surface area contributed by atoms with Crippen LogP contribution in [0, 0.1) is 13.8 Å². The summed E-state index contributed by atoms with van der Waals surface area (Å²) >= 11 is 1.70. The number of hydrogen-bond acceptors (Lipinski definition) is 5. The third kappa shape index (κ3) is 2.98. The maximum absolute atomic E-state index is 5.69. The number of thiazole rings is 1. The molecule has 0 aliphatic carbocycles. The van der Waals surface area contributed by atoms with Gasteiger partial charge in [-0.05, 0) is 27.0 Å². The van der Waals surface area contributed by atoms with Crippen LogP contribution in [0.1, 0.15) is 27.7 Å². The molecule has 5 heteroatoms. The first-order valence-corrected chi connectivity index (χ1v) is 6.84. The van der Waals surface area contributed by atoms with Gasteiger partial charge >= 0.3 is 0 Å². The van der Waals surface area contributed by atoms with Gasteiger partial charge < -0.3 is 10.2 Å². The molecule has 0 bridgehead atoms. The minimum atomic E-state index is 0.535. The molecule has 0 saturated carbocycles. The van der Waals surface area contributed by atoms with E-state index in [-0.39, 0.29) is 0 Å². The van der Waals surface area contributed by atoms with Gasteiger partial charge in [0, 0.05) is 23.5 Å². The molecule has 2 heterocycles. The maximum atomic E-state index is 5.69. The highest BCUT2D eigenvalue weighted by atomic mass is 32.1. The molecule has 18 heavy (non-hydrogen) atoms. The summed E-state index contributed by atoms with van der Waals surface area (Å²) in [5.74, 6) is 1.90. The summed E-state index contributed by atoms with van der Waals surface area (Å²) in [4.78, 5) is 7.79. The number of nitrogens with zero attached hydrogens (tertiary/aromatic N) is 2. The van der Waals surface area contributed by atoms with Crippen molar-refractivity contribution in [3.63, 3.8) is 0 Å². The highest BCUT2D eigenvalue weighted by molar-refractivity contribution is 7.09. The van der Waals surface area contributed by atoms with E-state index in [9.17, 15) is 0 Å². The van der Waals surface area contributed by atoms with Gasteiger partial charge in [0.2, 0.25) is 0 Å². The van der Waals surface area contributed by atoms with Gasteiger partial charge in [-0.2, -0.15) is 0 Å². The van der Waals surface area contributed by atoms with Gasteiger partial charge in [-0.1, -0.05) is 0 Å². The Bertz CT molecular complexity index is 518. The van der Waals surface area contributed by atoms with E-state index in [1.807, 2.05) is 25.4 Å². The van der Waals surface area contributed by atoms with Crippen molar-refractivity contribution in [1.82, 2.24) is 9.88 Å². The minimum absolute atomic E-state index is 0.535. The van der Waals surface area contributed by atoms with Gasteiger partial charge in [-0.15, -0.1) is 11.3 Å². The lowest BCUT2D eigenvalue weighted by molar-refractivity contribution is 0.286. The maximum Gasteiger partial charge on any atom is 0.118 e. The predicted molar refractivity (Wildman–Crippen MR) is 73.4 cm³/mol. The van der Waals surface area contributed by atoms with Crippen LogP contribution in [0.25, 0.3) is 0 Å². The van der Waals surface area contributed by atoms with E-state index < -0.39 is 0 Å². The number of aryl methyl sites for hydroxylation is 2. The molecule has 2 rings (SSSR count). The Morgan fingerprint density at radius 3 is 2.72 bits per heavy atom. The fourth-order valence-corrected chi connectivity index (χ4v) is 2.77. The first-order valence-electron chi connectivity index (χ1n) is 5.96. The molecule has 0 aliphatic heterocycles. The van der Waals surface area contributed by atoms with E-state index in [4.69, 9.17) is 10.2 Å². The molecule has 0 saturated heterocycles. The van der Waals surface area contributed by atoms with Crippen LogP contribution >= 0.6 is 11.3 Å². The summed E-state index contributed by atoms with van der Waals surface area (Å²) in [5, 5.41) is 0. The number of nitrogens with two attached hydrogens (primary N) is 1. The highest BCUT2D eigenvalue weighted by Gasteiger charge is 2.10. The first kappa shape index (κ1) is 13.3. The van der Waals surface area contributed by atoms with Crippen LogP contribution < -0.4 is 5.73 Å². The Hall–Kier alpha value is -1.17. The Morgan fingerprint density at radius 1 is 1.39 bits per heavy atom. The van der Waals surface area contributed by atoms with E-state index in [0.717, 1.165) is 35.9 Å². The molecule has 2 N–H and O–H groups in total. The van der Waals surface area contributed by atoms with Crippen molar-refractivity contribution < 1.29 is 4.42 Å². The third-order valence-corrected chi connectivity index (χ3v) is 3.90. The second kappa shape index (κ2) is 5.65. The van der Waals surface area contributed by atoms with Gasteiger partial charge in [-0.25, -0.2) is 4.98 Å². The lowest BCUT2D eigenvalue weighted by Crippen LogP contribution is -2.16. The quantitative estimate of drug-likeness (QED) is 0.902. The molecule has 0 amide bonds. The lowest BCUT2D eigenvalue weighted by Gasteiger charge is -2.14. The zero-order valence-corrected chi connectivity index (χ0v) is 11.9. The molecule has 4 nitrogen and oxygen atoms in total. The zero-order valence-electron chi connectivity index (χ0n) is 11.1. The van der Waals surface area contributed by atoms with Gasteiger partial charge in [-0.3, -0.25) is 4.90 Å². The molecule has 0 aromatic carbocycles. The van der Waals surface area contributed by atoms with Gasteiger partial charge in [0.25, 0.3) is 0 Å². The second-order valence-corrected chi connectivity index (χ2v) is 5.47. The van der Waals surface area contributed by atoms with Crippen LogP contribution in [-0.4, -0.2) is 16.9 Å². The smallest absolute Gasteiger partial charge is 0.118 e.